The predicted octanol–water partition coefficient (Wildman–Crippen LogP) is 15.1. The summed E-state index contributed by atoms with van der Waals surface area (Å²) >= 11 is 0. The molecule has 0 fully saturated rings. The van der Waals surface area contributed by atoms with Gasteiger partial charge in [-0.2, -0.15) is 42.5 Å². The van der Waals surface area contributed by atoms with Crippen LogP contribution in [-0.2, 0) is 26.6 Å². The first-order chi connectivity index (χ1) is 36.3. The monoisotopic (exact) mass is 1120 g/mol. The maximum absolute atomic E-state index is 4.30. The molecule has 74 heavy (non-hydrogen) atoms. The summed E-state index contributed by atoms with van der Waals surface area (Å²) < 4.78 is 9.14. The molecule has 4 aromatic heterocycles. The number of hydrogen-bond donors (Lipinski definition) is 0. The zero-order valence-electron chi connectivity index (χ0n) is 39.9. The van der Waals surface area contributed by atoms with Gasteiger partial charge in [-0.05, 0) is 60.7 Å². The van der Waals surface area contributed by atoms with Gasteiger partial charge >= 0.3 is 21.1 Å². The van der Waals surface area contributed by atoms with Crippen LogP contribution in [0.3, 0.4) is 0 Å². The molecule has 15 rings (SSSR count). The fourth-order valence-electron chi connectivity index (χ4n) is 12.0. The molecule has 15 aromatic rings. The molecular formula is C69H42N4Pt+2. The Bertz CT molecular complexity index is 4750. The Morgan fingerprint density at radius 3 is 1.27 bits per heavy atom. The number of imidazole rings is 2. The second kappa shape index (κ2) is 17.4. The molecule has 0 atom stereocenters. The summed E-state index contributed by atoms with van der Waals surface area (Å²) in [4.78, 5) is 0. The van der Waals surface area contributed by atoms with Crippen LogP contribution in [0.25, 0.3) is 103 Å². The predicted molar refractivity (Wildman–Crippen MR) is 298 cm³/mol. The Hall–Kier alpha value is -8.95. The molecule has 0 saturated carbocycles. The first-order valence-electron chi connectivity index (χ1n) is 24.9. The molecular weight excluding hydrogens is 1080 g/mol. The van der Waals surface area contributed by atoms with Crippen LogP contribution in [0.2, 0.25) is 0 Å². The number of benzene rings is 11. The van der Waals surface area contributed by atoms with E-state index in [-0.39, 0.29) is 21.1 Å². The molecule has 4 nitrogen and oxygen atoms in total. The van der Waals surface area contributed by atoms with Crippen molar-refractivity contribution in [2.45, 2.75) is 5.54 Å². The van der Waals surface area contributed by atoms with E-state index >= 15 is 0 Å². The third-order valence-electron chi connectivity index (χ3n) is 15.1. The van der Waals surface area contributed by atoms with Crippen molar-refractivity contribution in [3.63, 3.8) is 0 Å². The molecule has 11 aromatic carbocycles. The second-order valence-corrected chi connectivity index (χ2v) is 18.9. The van der Waals surface area contributed by atoms with Crippen molar-refractivity contribution < 1.29 is 30.2 Å². The number of nitrogens with zero attached hydrogens (tertiary/aromatic N) is 4. The first-order valence-corrected chi connectivity index (χ1v) is 24.9. The quantitative estimate of drug-likeness (QED) is 0.0928. The van der Waals surface area contributed by atoms with Gasteiger partial charge in [0.15, 0.2) is 0 Å². The van der Waals surface area contributed by atoms with Crippen LogP contribution in [-0.4, -0.2) is 8.80 Å². The Kier molecular flexibility index (Phi) is 10.3. The summed E-state index contributed by atoms with van der Waals surface area (Å²) in [6.07, 6.45) is 8.09. The second-order valence-electron chi connectivity index (χ2n) is 18.9. The molecule has 0 unspecified atom stereocenters. The molecule has 346 valence electrons. The van der Waals surface area contributed by atoms with E-state index in [9.17, 15) is 0 Å². The van der Waals surface area contributed by atoms with Crippen molar-refractivity contribution in [2.75, 3.05) is 0 Å². The third-order valence-corrected chi connectivity index (χ3v) is 15.1. The maximum Gasteiger partial charge on any atom is 4.00 e. The Morgan fingerprint density at radius 2 is 0.730 bits per heavy atom. The van der Waals surface area contributed by atoms with Gasteiger partial charge in [0.2, 0.25) is 6.33 Å². The summed E-state index contributed by atoms with van der Waals surface area (Å²) in [7, 11) is 0. The number of rotatable bonds is 5. The van der Waals surface area contributed by atoms with Gasteiger partial charge in [-0.1, -0.05) is 229 Å². The molecule has 0 amide bonds. The molecule has 0 spiro atoms. The van der Waals surface area contributed by atoms with E-state index in [0.717, 1.165) is 104 Å². The molecule has 0 aliphatic heterocycles. The number of para-hydroxylation sites is 4. The van der Waals surface area contributed by atoms with Gasteiger partial charge < -0.3 is 8.80 Å². The minimum atomic E-state index is -1.04. The average Bonchev–Trinajstić information content (AvgIpc) is 4.08. The SMILES string of the molecule is [Pt+4].[c-]1c(C(c2ccccc2)(c2ccccc2)[n+]2[c-]n3c4[c-]cccc4c4ccccc4c4ccccc4c4cccc2c43)ccc2c3ccccc3c3ccccc3c3cccc4c3n([c-][n+]4-c3ccccc3)c12. The number of fused-ring (bicyclic) bond motifs is 14. The summed E-state index contributed by atoms with van der Waals surface area (Å²) in [5, 5.41) is 13.6. The van der Waals surface area contributed by atoms with Gasteiger partial charge in [0, 0.05) is 11.1 Å². The van der Waals surface area contributed by atoms with Crippen LogP contribution < -0.4 is 9.13 Å². The average molecular weight is 1120 g/mol. The fourth-order valence-corrected chi connectivity index (χ4v) is 12.0. The van der Waals surface area contributed by atoms with Gasteiger partial charge in [-0.15, -0.1) is 16.3 Å². The zero-order valence-corrected chi connectivity index (χ0v) is 42.1. The molecule has 0 bridgehead atoms. The van der Waals surface area contributed by atoms with Crippen LogP contribution in [0, 0.1) is 24.8 Å². The molecule has 0 N–H and O–H groups in total. The van der Waals surface area contributed by atoms with Crippen molar-refractivity contribution in [2.24, 2.45) is 0 Å². The van der Waals surface area contributed by atoms with E-state index in [1.165, 1.54) is 16.2 Å². The summed E-state index contributed by atoms with van der Waals surface area (Å²) in [6.45, 7) is 0. The van der Waals surface area contributed by atoms with E-state index in [4.69, 9.17) is 0 Å². The zero-order chi connectivity index (χ0) is 48.0. The maximum atomic E-state index is 4.30. The molecule has 0 aliphatic rings. The third kappa shape index (κ3) is 6.38. The minimum Gasteiger partial charge on any atom is -0.340 e. The van der Waals surface area contributed by atoms with Gasteiger partial charge in [-0.25, -0.2) is 0 Å². The van der Waals surface area contributed by atoms with Crippen molar-refractivity contribution in [1.82, 2.24) is 8.80 Å². The Morgan fingerprint density at radius 1 is 0.324 bits per heavy atom. The van der Waals surface area contributed by atoms with Crippen LogP contribution in [0.1, 0.15) is 16.7 Å². The molecule has 0 aliphatic carbocycles. The van der Waals surface area contributed by atoms with Gasteiger partial charge in [0.1, 0.15) is 5.54 Å². The topological polar surface area (TPSA) is 16.6 Å². The van der Waals surface area contributed by atoms with Gasteiger partial charge in [-0.3, -0.25) is 9.13 Å². The summed E-state index contributed by atoms with van der Waals surface area (Å²) in [5.41, 5.74) is 9.01. The Balaban J connectivity index is 0.00000505. The van der Waals surface area contributed by atoms with Crippen LogP contribution in [0.15, 0.2) is 255 Å². The molecule has 4 heterocycles. The van der Waals surface area contributed by atoms with Gasteiger partial charge in [0.05, 0.1) is 27.8 Å². The van der Waals surface area contributed by atoms with Crippen LogP contribution >= 0.6 is 0 Å². The standard InChI is InChI=1S/C69H42N4.Pt/c1-4-22-47(23-5-1)69(48-24-6-2-7-25-48,73-46-72-63-39-19-18-36-59(63)55-32-14-10-28-51(55)53-30-13-17-35-58(53)62-38-21-41-65(73)68(62)72)49-42-43-60-56-33-15-11-29-52(56)54-31-12-16-34-57(54)61-37-20-40-64-67(61)71(66(60)44-49)45-70(64)50-26-8-3-9-27-50;/h1-38,40-43H;/q-2;+4. The molecule has 0 saturated heterocycles. The van der Waals surface area contributed by atoms with Crippen molar-refractivity contribution in [3.8, 4) is 5.69 Å². The van der Waals surface area contributed by atoms with E-state index in [1.54, 1.807) is 0 Å². The largest absolute Gasteiger partial charge is 4.00 e. The van der Waals surface area contributed by atoms with Crippen molar-refractivity contribution in [3.05, 3.63) is 296 Å². The van der Waals surface area contributed by atoms with Crippen LogP contribution in [0.5, 0.6) is 0 Å². The Labute approximate surface area is 441 Å². The summed E-state index contributed by atoms with van der Waals surface area (Å²) in [5.74, 6) is 0. The fraction of sp³-hybridized carbons (Fsp3) is 0.0145. The normalized spacial score (nSPS) is 11.9. The number of aromatic nitrogens is 4. The van der Waals surface area contributed by atoms with Crippen molar-refractivity contribution >= 4 is 97.7 Å². The van der Waals surface area contributed by atoms with E-state index in [1.807, 2.05) is 6.07 Å². The van der Waals surface area contributed by atoms with Crippen molar-refractivity contribution in [1.29, 1.82) is 0 Å². The molecule has 5 heteroatoms. The van der Waals surface area contributed by atoms with Crippen LogP contribution in [0.4, 0.5) is 0 Å². The first kappa shape index (κ1) is 43.8. The van der Waals surface area contributed by atoms with Gasteiger partial charge in [0.25, 0.3) is 6.33 Å². The summed E-state index contributed by atoms with van der Waals surface area (Å²) in [6, 6.07) is 100. The van der Waals surface area contributed by atoms with E-state index < -0.39 is 5.54 Å². The van der Waals surface area contributed by atoms with E-state index in [0.29, 0.717) is 0 Å². The molecule has 0 radical (unpaired) electrons. The van der Waals surface area contributed by atoms with E-state index in [2.05, 4.69) is 291 Å². The minimum absolute atomic E-state index is 0. The number of hydrogen-bond acceptors (Lipinski definition) is 0. The smallest absolute Gasteiger partial charge is 0.340 e.